The standard InChI is InChI=1S/C24H16N2O8/c1-33-19-10-9-13(26(31)32)11-17(19)24(30)34-12-20(27)25-18-8-4-7-16-21(18)23(29)15-6-3-2-5-14(15)22(16)28/h2-11H,12H2,1H3,(H,25,27). The molecule has 4 rings (SSSR count). The van der Waals surface area contributed by atoms with Crippen molar-refractivity contribution < 1.29 is 33.6 Å². The first-order chi connectivity index (χ1) is 16.3. The minimum atomic E-state index is -1.01. The fourth-order valence-corrected chi connectivity index (χ4v) is 3.61. The highest BCUT2D eigenvalue weighted by Gasteiger charge is 2.31. The van der Waals surface area contributed by atoms with Crippen LogP contribution in [-0.4, -0.2) is 42.1 Å². The molecule has 0 saturated heterocycles. The van der Waals surface area contributed by atoms with Crippen LogP contribution in [0.2, 0.25) is 0 Å². The van der Waals surface area contributed by atoms with Crippen LogP contribution < -0.4 is 10.1 Å². The molecule has 34 heavy (non-hydrogen) atoms. The highest BCUT2D eigenvalue weighted by Crippen LogP contribution is 2.32. The fourth-order valence-electron chi connectivity index (χ4n) is 3.61. The summed E-state index contributed by atoms with van der Waals surface area (Å²) in [6.07, 6.45) is 0. The van der Waals surface area contributed by atoms with E-state index in [1.807, 2.05) is 0 Å². The van der Waals surface area contributed by atoms with E-state index in [4.69, 9.17) is 9.47 Å². The lowest BCUT2D eigenvalue weighted by molar-refractivity contribution is -0.384. The topological polar surface area (TPSA) is 142 Å². The molecule has 0 saturated carbocycles. The Balaban J connectivity index is 1.52. The number of amides is 1. The van der Waals surface area contributed by atoms with Crippen LogP contribution in [0.15, 0.2) is 60.7 Å². The Kier molecular flexibility index (Phi) is 5.88. The molecule has 0 heterocycles. The number of nitro benzene ring substituents is 1. The number of esters is 1. The van der Waals surface area contributed by atoms with Crippen molar-refractivity contribution in [3.8, 4) is 5.75 Å². The summed E-state index contributed by atoms with van der Waals surface area (Å²) in [7, 11) is 1.28. The first-order valence-corrected chi connectivity index (χ1v) is 9.92. The van der Waals surface area contributed by atoms with Gasteiger partial charge in [-0.1, -0.05) is 36.4 Å². The van der Waals surface area contributed by atoms with Gasteiger partial charge in [-0.15, -0.1) is 0 Å². The SMILES string of the molecule is COc1ccc([N+](=O)[O-])cc1C(=O)OCC(=O)Nc1cccc2c1C(=O)c1ccccc1C2=O. The number of fused-ring (bicyclic) bond motifs is 2. The Labute approximate surface area is 192 Å². The largest absolute Gasteiger partial charge is 0.496 e. The summed E-state index contributed by atoms with van der Waals surface area (Å²) in [6.45, 7) is -0.743. The first-order valence-electron chi connectivity index (χ1n) is 9.92. The number of nitrogens with zero attached hydrogens (tertiary/aromatic N) is 1. The number of nitrogens with one attached hydrogen (secondary N) is 1. The van der Waals surface area contributed by atoms with E-state index in [-0.39, 0.29) is 50.7 Å². The van der Waals surface area contributed by atoms with Gasteiger partial charge >= 0.3 is 5.97 Å². The molecule has 3 aromatic carbocycles. The number of rotatable bonds is 6. The third kappa shape index (κ3) is 3.99. The van der Waals surface area contributed by atoms with E-state index in [9.17, 15) is 29.3 Å². The van der Waals surface area contributed by atoms with Crippen molar-refractivity contribution in [3.63, 3.8) is 0 Å². The fraction of sp³-hybridized carbons (Fsp3) is 0.0833. The second-order valence-corrected chi connectivity index (χ2v) is 7.20. The molecule has 3 aromatic rings. The number of nitro groups is 1. The molecular formula is C24H16N2O8. The lowest BCUT2D eigenvalue weighted by Gasteiger charge is -2.20. The summed E-state index contributed by atoms with van der Waals surface area (Å²) in [5.74, 6) is -2.50. The average molecular weight is 460 g/mol. The minimum Gasteiger partial charge on any atom is -0.496 e. The van der Waals surface area contributed by atoms with Gasteiger partial charge in [0, 0.05) is 28.8 Å². The predicted octanol–water partition coefficient (Wildman–Crippen LogP) is 3.17. The molecule has 1 aliphatic carbocycles. The molecule has 0 atom stereocenters. The number of benzene rings is 3. The number of anilines is 1. The van der Waals surface area contributed by atoms with Gasteiger partial charge in [0.2, 0.25) is 0 Å². The molecule has 10 heteroatoms. The molecule has 1 amide bonds. The van der Waals surface area contributed by atoms with Crippen LogP contribution in [0.4, 0.5) is 11.4 Å². The Morgan fingerprint density at radius 3 is 2.29 bits per heavy atom. The molecule has 0 radical (unpaired) electrons. The molecule has 1 aliphatic rings. The molecule has 170 valence electrons. The van der Waals surface area contributed by atoms with Crippen molar-refractivity contribution in [1.29, 1.82) is 0 Å². The quantitative estimate of drug-likeness (QED) is 0.263. The number of hydrogen-bond acceptors (Lipinski definition) is 8. The zero-order chi connectivity index (χ0) is 24.4. The van der Waals surface area contributed by atoms with Gasteiger partial charge in [0.05, 0.1) is 23.3 Å². The van der Waals surface area contributed by atoms with E-state index in [0.29, 0.717) is 0 Å². The summed E-state index contributed by atoms with van der Waals surface area (Å²) in [4.78, 5) is 61.0. The number of carbonyl (C=O) groups is 4. The van der Waals surface area contributed by atoms with E-state index >= 15 is 0 Å². The molecule has 10 nitrogen and oxygen atoms in total. The highest BCUT2D eigenvalue weighted by atomic mass is 16.6. The monoisotopic (exact) mass is 460 g/mol. The average Bonchev–Trinajstić information content (AvgIpc) is 2.85. The second kappa shape index (κ2) is 8.94. The van der Waals surface area contributed by atoms with Crippen LogP contribution in [0.25, 0.3) is 0 Å². The normalized spacial score (nSPS) is 11.8. The first kappa shape index (κ1) is 22.3. The maximum Gasteiger partial charge on any atom is 0.342 e. The molecule has 0 aromatic heterocycles. The summed E-state index contributed by atoms with van der Waals surface area (Å²) in [6, 6.07) is 14.3. The van der Waals surface area contributed by atoms with Gasteiger partial charge in [0.25, 0.3) is 11.6 Å². The maximum atomic E-state index is 13.0. The van der Waals surface area contributed by atoms with Gasteiger partial charge in [-0.3, -0.25) is 24.5 Å². The molecule has 0 spiro atoms. The van der Waals surface area contributed by atoms with Gasteiger partial charge in [-0.2, -0.15) is 0 Å². The summed E-state index contributed by atoms with van der Waals surface area (Å²) in [5.41, 5.74) is 0.232. The smallest absolute Gasteiger partial charge is 0.342 e. The summed E-state index contributed by atoms with van der Waals surface area (Å²) >= 11 is 0. The number of ketones is 2. The van der Waals surface area contributed by atoms with E-state index in [1.165, 1.54) is 37.4 Å². The molecule has 1 N–H and O–H groups in total. The van der Waals surface area contributed by atoms with Gasteiger partial charge in [-0.25, -0.2) is 4.79 Å². The number of non-ortho nitro benzene ring substituents is 1. The molecular weight excluding hydrogens is 444 g/mol. The van der Waals surface area contributed by atoms with E-state index in [1.54, 1.807) is 18.2 Å². The number of methoxy groups -OCH3 is 1. The van der Waals surface area contributed by atoms with Crippen molar-refractivity contribution in [2.24, 2.45) is 0 Å². The third-order valence-electron chi connectivity index (χ3n) is 5.17. The van der Waals surface area contributed by atoms with Crippen molar-refractivity contribution in [2.45, 2.75) is 0 Å². The van der Waals surface area contributed by atoms with E-state index < -0.39 is 29.2 Å². The highest BCUT2D eigenvalue weighted by molar-refractivity contribution is 6.30. The van der Waals surface area contributed by atoms with Gasteiger partial charge < -0.3 is 14.8 Å². The van der Waals surface area contributed by atoms with Gasteiger partial charge in [0.15, 0.2) is 18.2 Å². The second-order valence-electron chi connectivity index (χ2n) is 7.20. The lowest BCUT2D eigenvalue weighted by atomic mass is 9.83. The minimum absolute atomic E-state index is 0.0379. The molecule has 0 aliphatic heterocycles. The van der Waals surface area contributed by atoms with Crippen LogP contribution >= 0.6 is 0 Å². The van der Waals surface area contributed by atoms with Gasteiger partial charge in [-0.05, 0) is 12.1 Å². The van der Waals surface area contributed by atoms with Crippen LogP contribution in [0.3, 0.4) is 0 Å². The Bertz CT molecular complexity index is 1380. The molecule has 0 bridgehead atoms. The van der Waals surface area contributed by atoms with Crippen LogP contribution in [0, 0.1) is 10.1 Å². The molecule has 0 unspecified atom stereocenters. The lowest BCUT2D eigenvalue weighted by Crippen LogP contribution is -2.26. The van der Waals surface area contributed by atoms with Crippen molar-refractivity contribution in [1.82, 2.24) is 0 Å². The number of ether oxygens (including phenoxy) is 2. The Morgan fingerprint density at radius 2 is 1.62 bits per heavy atom. The van der Waals surface area contributed by atoms with Crippen molar-refractivity contribution in [3.05, 3.63) is 98.6 Å². The zero-order valence-corrected chi connectivity index (χ0v) is 17.7. The Hall–Kier alpha value is -4.86. The van der Waals surface area contributed by atoms with Crippen LogP contribution in [-0.2, 0) is 9.53 Å². The predicted molar refractivity (Wildman–Crippen MR) is 118 cm³/mol. The maximum absolute atomic E-state index is 13.0. The van der Waals surface area contributed by atoms with Crippen molar-refractivity contribution in [2.75, 3.05) is 19.0 Å². The molecule has 0 fully saturated rings. The Morgan fingerprint density at radius 1 is 0.941 bits per heavy atom. The summed E-state index contributed by atoms with van der Waals surface area (Å²) in [5, 5.41) is 13.5. The van der Waals surface area contributed by atoms with E-state index in [2.05, 4.69) is 5.32 Å². The zero-order valence-electron chi connectivity index (χ0n) is 17.7. The van der Waals surface area contributed by atoms with Crippen molar-refractivity contribution >= 4 is 34.8 Å². The third-order valence-corrected chi connectivity index (χ3v) is 5.17. The van der Waals surface area contributed by atoms with Crippen LogP contribution in [0.5, 0.6) is 5.75 Å². The van der Waals surface area contributed by atoms with E-state index in [0.717, 1.165) is 12.1 Å². The van der Waals surface area contributed by atoms with Gasteiger partial charge in [0.1, 0.15) is 11.3 Å². The summed E-state index contributed by atoms with van der Waals surface area (Å²) < 4.78 is 10.0. The van der Waals surface area contributed by atoms with Crippen LogP contribution in [0.1, 0.15) is 42.2 Å². The number of hydrogen-bond donors (Lipinski definition) is 1. The number of carbonyl (C=O) groups excluding carboxylic acids is 4.